The van der Waals surface area contributed by atoms with Gasteiger partial charge in [0.2, 0.25) is 5.88 Å². The van der Waals surface area contributed by atoms with Crippen LogP contribution in [0.25, 0.3) is 10.9 Å². The van der Waals surface area contributed by atoms with Gasteiger partial charge in [-0.1, -0.05) is 18.2 Å². The molecule has 1 aliphatic heterocycles. The van der Waals surface area contributed by atoms with E-state index >= 15 is 4.39 Å². The van der Waals surface area contributed by atoms with E-state index in [9.17, 15) is 14.0 Å². The summed E-state index contributed by atoms with van der Waals surface area (Å²) in [6.45, 7) is 4.75. The van der Waals surface area contributed by atoms with E-state index in [0.29, 0.717) is 53.0 Å². The number of nitrogens with zero attached hydrogens (tertiary/aromatic N) is 3. The highest BCUT2D eigenvalue weighted by Crippen LogP contribution is 2.49. The number of carbonyl (C=O) groups is 2. The molecule has 0 amide bonds. The first-order valence-electron chi connectivity index (χ1n) is 15.4. The van der Waals surface area contributed by atoms with Crippen molar-refractivity contribution >= 4 is 22.5 Å². The second-order valence-corrected chi connectivity index (χ2v) is 11.6. The van der Waals surface area contributed by atoms with Crippen molar-refractivity contribution < 1.29 is 37.3 Å². The fourth-order valence-electron chi connectivity index (χ4n) is 5.68. The number of morpholine rings is 1. The number of ketones is 2. The topological polar surface area (TPSA) is 100 Å². The lowest BCUT2D eigenvalue weighted by atomic mass is 9.88. The van der Waals surface area contributed by atoms with Crippen LogP contribution in [0, 0.1) is 17.0 Å². The predicted octanol–water partition coefficient (Wildman–Crippen LogP) is 5.51. The van der Waals surface area contributed by atoms with Crippen LogP contribution in [0.1, 0.15) is 30.4 Å². The van der Waals surface area contributed by atoms with E-state index in [2.05, 4.69) is 14.9 Å². The zero-order chi connectivity index (χ0) is 32.1. The summed E-state index contributed by atoms with van der Waals surface area (Å²) in [5.41, 5.74) is 0.553. The van der Waals surface area contributed by atoms with Crippen LogP contribution in [0.4, 0.5) is 8.78 Å². The molecule has 4 aromatic rings. The van der Waals surface area contributed by atoms with Crippen molar-refractivity contribution in [3.05, 3.63) is 83.7 Å². The number of halogens is 2. The standard InChI is InChI=1S/C35H35F2N3O6/c1-43-30-20-26-28(21-31(30)45-14-2-11-40-12-15-44-16-13-40)38-22-39-34(26)46-29-8-5-24(17-27(29)37)19-33(42)35(9-10-35)32(41)18-23-3-6-25(36)7-4-23/h3-8,17,20-22H,2,9-16,18-19H2,1H3. The van der Waals surface area contributed by atoms with E-state index in [0.717, 1.165) is 39.3 Å². The number of hydrogen-bond acceptors (Lipinski definition) is 9. The third-order valence-electron chi connectivity index (χ3n) is 8.53. The number of carbonyl (C=O) groups excluding carboxylic acids is 2. The van der Waals surface area contributed by atoms with Gasteiger partial charge in [0.05, 0.1) is 43.2 Å². The highest BCUT2D eigenvalue weighted by atomic mass is 19.1. The van der Waals surface area contributed by atoms with Crippen LogP contribution in [0.5, 0.6) is 23.1 Å². The van der Waals surface area contributed by atoms with E-state index in [1.54, 1.807) is 30.3 Å². The summed E-state index contributed by atoms with van der Waals surface area (Å²) in [5.74, 6) is -0.451. The van der Waals surface area contributed by atoms with Crippen molar-refractivity contribution in [3.8, 4) is 23.1 Å². The molecule has 0 N–H and O–H groups in total. The molecule has 6 rings (SSSR count). The zero-order valence-corrected chi connectivity index (χ0v) is 25.6. The Morgan fingerprint density at radius 1 is 0.891 bits per heavy atom. The highest BCUT2D eigenvalue weighted by Gasteiger charge is 2.54. The molecule has 2 aliphatic rings. The van der Waals surface area contributed by atoms with Crippen LogP contribution >= 0.6 is 0 Å². The number of aromatic nitrogens is 2. The van der Waals surface area contributed by atoms with Gasteiger partial charge in [-0.3, -0.25) is 14.5 Å². The summed E-state index contributed by atoms with van der Waals surface area (Å²) in [7, 11) is 1.54. The monoisotopic (exact) mass is 631 g/mol. The summed E-state index contributed by atoms with van der Waals surface area (Å²) in [6.07, 6.45) is 3.05. The average molecular weight is 632 g/mol. The van der Waals surface area contributed by atoms with Gasteiger partial charge in [0, 0.05) is 38.5 Å². The summed E-state index contributed by atoms with van der Waals surface area (Å²) in [6, 6.07) is 13.4. The molecule has 1 saturated carbocycles. The average Bonchev–Trinajstić information content (AvgIpc) is 3.88. The van der Waals surface area contributed by atoms with Gasteiger partial charge in [-0.15, -0.1) is 0 Å². The second kappa shape index (κ2) is 13.9. The van der Waals surface area contributed by atoms with Crippen molar-refractivity contribution in [2.24, 2.45) is 5.41 Å². The van der Waals surface area contributed by atoms with E-state index in [1.807, 2.05) is 0 Å². The number of benzene rings is 3. The molecule has 2 heterocycles. The van der Waals surface area contributed by atoms with Crippen molar-refractivity contribution in [3.63, 3.8) is 0 Å². The minimum absolute atomic E-state index is 0.0490. The zero-order valence-electron chi connectivity index (χ0n) is 25.6. The third-order valence-corrected chi connectivity index (χ3v) is 8.53. The largest absolute Gasteiger partial charge is 0.493 e. The Balaban J connectivity index is 1.10. The molecule has 240 valence electrons. The Hall–Kier alpha value is -4.48. The molecular formula is C35H35F2N3O6. The first-order valence-corrected chi connectivity index (χ1v) is 15.4. The Bertz CT molecular complexity index is 1720. The predicted molar refractivity (Wildman–Crippen MR) is 165 cm³/mol. The van der Waals surface area contributed by atoms with Gasteiger partial charge in [0.25, 0.3) is 0 Å². The lowest BCUT2D eigenvalue weighted by molar-refractivity contribution is -0.133. The number of methoxy groups -OCH3 is 1. The minimum atomic E-state index is -1.07. The molecular weight excluding hydrogens is 596 g/mol. The maximum absolute atomic E-state index is 15.3. The van der Waals surface area contributed by atoms with E-state index in [4.69, 9.17) is 18.9 Å². The molecule has 0 unspecified atom stereocenters. The van der Waals surface area contributed by atoms with Gasteiger partial charge in [0.1, 0.15) is 12.1 Å². The smallest absolute Gasteiger partial charge is 0.230 e. The molecule has 1 aliphatic carbocycles. The number of rotatable bonds is 14. The quantitative estimate of drug-likeness (QED) is 0.132. The third kappa shape index (κ3) is 7.16. The second-order valence-electron chi connectivity index (χ2n) is 11.6. The van der Waals surface area contributed by atoms with Crippen molar-refractivity contribution in [2.45, 2.75) is 32.1 Å². The van der Waals surface area contributed by atoms with Crippen LogP contribution < -0.4 is 14.2 Å². The van der Waals surface area contributed by atoms with Gasteiger partial charge in [-0.05, 0) is 60.7 Å². The van der Waals surface area contributed by atoms with Gasteiger partial charge >= 0.3 is 0 Å². The van der Waals surface area contributed by atoms with E-state index in [1.165, 1.54) is 37.7 Å². The van der Waals surface area contributed by atoms with Crippen molar-refractivity contribution in [1.29, 1.82) is 0 Å². The van der Waals surface area contributed by atoms with Crippen molar-refractivity contribution in [1.82, 2.24) is 14.9 Å². The number of ether oxygens (including phenoxy) is 4. The van der Waals surface area contributed by atoms with Crippen LogP contribution in [-0.4, -0.2) is 73.0 Å². The van der Waals surface area contributed by atoms with E-state index < -0.39 is 11.2 Å². The van der Waals surface area contributed by atoms with Gasteiger partial charge < -0.3 is 18.9 Å². The molecule has 0 radical (unpaired) electrons. The maximum Gasteiger partial charge on any atom is 0.230 e. The molecule has 11 heteroatoms. The van der Waals surface area contributed by atoms with Crippen LogP contribution in [-0.2, 0) is 27.2 Å². The molecule has 0 spiro atoms. The van der Waals surface area contributed by atoms with Gasteiger partial charge in [0.15, 0.2) is 34.6 Å². The molecule has 0 atom stereocenters. The van der Waals surface area contributed by atoms with Crippen LogP contribution in [0.15, 0.2) is 60.9 Å². The summed E-state index contributed by atoms with van der Waals surface area (Å²) >= 11 is 0. The maximum atomic E-state index is 15.3. The lowest BCUT2D eigenvalue weighted by Crippen LogP contribution is -2.37. The summed E-state index contributed by atoms with van der Waals surface area (Å²) < 4.78 is 51.3. The first kappa shape index (κ1) is 31.5. The van der Waals surface area contributed by atoms with Crippen LogP contribution in [0.3, 0.4) is 0 Å². The minimum Gasteiger partial charge on any atom is -0.493 e. The molecule has 2 fully saturated rings. The number of fused-ring (bicyclic) bond motifs is 1. The normalized spacial score (nSPS) is 15.8. The van der Waals surface area contributed by atoms with Gasteiger partial charge in [-0.25, -0.2) is 18.7 Å². The molecule has 46 heavy (non-hydrogen) atoms. The molecule has 1 aromatic heterocycles. The van der Waals surface area contributed by atoms with Crippen molar-refractivity contribution in [2.75, 3.05) is 46.6 Å². The van der Waals surface area contributed by atoms with E-state index in [-0.39, 0.29) is 41.9 Å². The molecule has 1 saturated heterocycles. The summed E-state index contributed by atoms with van der Waals surface area (Å²) in [5, 5.41) is 0.508. The fourth-order valence-corrected chi connectivity index (χ4v) is 5.68. The molecule has 0 bridgehead atoms. The Morgan fingerprint density at radius 2 is 1.61 bits per heavy atom. The Morgan fingerprint density at radius 3 is 2.30 bits per heavy atom. The number of hydrogen-bond donors (Lipinski definition) is 0. The molecule has 3 aromatic carbocycles. The first-order chi connectivity index (χ1) is 22.3. The van der Waals surface area contributed by atoms with Crippen LogP contribution in [0.2, 0.25) is 0 Å². The highest BCUT2D eigenvalue weighted by molar-refractivity contribution is 6.10. The Kier molecular flexibility index (Phi) is 9.51. The lowest BCUT2D eigenvalue weighted by Gasteiger charge is -2.26. The Labute approximate surface area is 265 Å². The summed E-state index contributed by atoms with van der Waals surface area (Å²) in [4.78, 5) is 37.1. The van der Waals surface area contributed by atoms with Gasteiger partial charge in [-0.2, -0.15) is 0 Å². The number of Topliss-reactive ketones (excluding diaryl/α,β-unsaturated/α-hetero) is 2. The fraction of sp³-hybridized carbons (Fsp3) is 0.371. The molecule has 9 nitrogen and oxygen atoms in total. The SMILES string of the molecule is COc1cc2c(Oc3ccc(CC(=O)C4(C(=O)Cc5ccc(F)cc5)CC4)cc3F)ncnc2cc1OCCCN1CCOCC1.